The van der Waals surface area contributed by atoms with Crippen LogP contribution in [-0.4, -0.2) is 30.2 Å². The molecule has 1 amide bonds. The first-order valence-electron chi connectivity index (χ1n) is 7.09. The van der Waals surface area contributed by atoms with E-state index in [2.05, 4.69) is 10.3 Å². The average molecular weight is 337 g/mol. The summed E-state index contributed by atoms with van der Waals surface area (Å²) in [5.74, 6) is -0.758. The maximum absolute atomic E-state index is 13.5. The number of para-hydroxylation sites is 1. The molecule has 2 heterocycles. The Labute approximate surface area is 137 Å². The molecule has 7 heteroatoms. The summed E-state index contributed by atoms with van der Waals surface area (Å²) in [6, 6.07) is 7.35. The third kappa shape index (κ3) is 3.78. The minimum Gasteiger partial charge on any atom is -0.471 e. The van der Waals surface area contributed by atoms with Gasteiger partial charge in [0.15, 0.2) is 0 Å². The van der Waals surface area contributed by atoms with Gasteiger partial charge in [0.2, 0.25) is 5.88 Å². The smallest absolute Gasteiger partial charge is 0.257 e. The first-order valence-corrected chi connectivity index (χ1v) is 7.47. The van der Waals surface area contributed by atoms with Gasteiger partial charge in [-0.15, -0.1) is 0 Å². The minimum atomic E-state index is -0.513. The Bertz CT molecular complexity index is 720. The van der Waals surface area contributed by atoms with Gasteiger partial charge in [0.05, 0.1) is 24.5 Å². The summed E-state index contributed by atoms with van der Waals surface area (Å²) in [5, 5.41) is 2.69. The van der Waals surface area contributed by atoms with Crippen molar-refractivity contribution in [2.75, 3.05) is 18.5 Å². The normalized spacial score (nSPS) is 17.0. The first kappa shape index (κ1) is 15.7. The standard InChI is InChI=1S/C16H14ClFN2O3/c17-12-7-10(8-19-16(12)23-11-5-6-22-9-11)15(21)20-14-4-2-1-3-13(14)18/h1-4,7-8,11H,5-6,9H2,(H,20,21). The van der Waals surface area contributed by atoms with Crippen molar-refractivity contribution in [2.45, 2.75) is 12.5 Å². The van der Waals surface area contributed by atoms with Gasteiger partial charge in [0.1, 0.15) is 16.9 Å². The number of pyridine rings is 1. The van der Waals surface area contributed by atoms with Crippen LogP contribution in [-0.2, 0) is 4.74 Å². The van der Waals surface area contributed by atoms with Crippen LogP contribution in [0, 0.1) is 5.82 Å². The van der Waals surface area contributed by atoms with E-state index >= 15 is 0 Å². The molecule has 1 unspecified atom stereocenters. The number of carbonyl (C=O) groups is 1. The zero-order valence-electron chi connectivity index (χ0n) is 12.1. The third-order valence-corrected chi connectivity index (χ3v) is 3.63. The summed E-state index contributed by atoms with van der Waals surface area (Å²) in [6.45, 7) is 1.14. The van der Waals surface area contributed by atoms with Crippen LogP contribution in [0.1, 0.15) is 16.8 Å². The molecule has 0 spiro atoms. The Morgan fingerprint density at radius 2 is 2.26 bits per heavy atom. The van der Waals surface area contributed by atoms with Crippen molar-refractivity contribution >= 4 is 23.2 Å². The van der Waals surface area contributed by atoms with Crippen molar-refractivity contribution in [2.24, 2.45) is 0 Å². The zero-order valence-corrected chi connectivity index (χ0v) is 12.8. The molecule has 5 nitrogen and oxygen atoms in total. The van der Waals surface area contributed by atoms with E-state index in [-0.39, 0.29) is 28.3 Å². The quantitative estimate of drug-likeness (QED) is 0.930. The molecule has 1 N–H and O–H groups in total. The Hall–Kier alpha value is -2.18. The lowest BCUT2D eigenvalue weighted by molar-refractivity contribution is 0.102. The van der Waals surface area contributed by atoms with E-state index in [9.17, 15) is 9.18 Å². The van der Waals surface area contributed by atoms with Crippen LogP contribution < -0.4 is 10.1 Å². The molecule has 0 aliphatic carbocycles. The Morgan fingerprint density at radius 3 is 2.96 bits per heavy atom. The van der Waals surface area contributed by atoms with Gasteiger partial charge >= 0.3 is 0 Å². The largest absolute Gasteiger partial charge is 0.471 e. The van der Waals surface area contributed by atoms with Crippen LogP contribution >= 0.6 is 11.6 Å². The summed E-state index contributed by atoms with van der Waals surface area (Å²) < 4.78 is 24.4. The third-order valence-electron chi connectivity index (χ3n) is 3.36. The van der Waals surface area contributed by atoms with Gasteiger partial charge in [-0.2, -0.15) is 0 Å². The number of rotatable bonds is 4. The topological polar surface area (TPSA) is 60.5 Å². The molecule has 0 bridgehead atoms. The molecule has 0 saturated carbocycles. The van der Waals surface area contributed by atoms with Crippen molar-refractivity contribution in [3.05, 3.63) is 52.9 Å². The fraction of sp³-hybridized carbons (Fsp3) is 0.250. The van der Waals surface area contributed by atoms with Crippen molar-refractivity contribution in [1.82, 2.24) is 4.98 Å². The van der Waals surface area contributed by atoms with Crippen LogP contribution in [0.25, 0.3) is 0 Å². The molecule has 3 rings (SSSR count). The number of hydrogen-bond acceptors (Lipinski definition) is 4. The Morgan fingerprint density at radius 1 is 1.43 bits per heavy atom. The summed E-state index contributed by atoms with van der Waals surface area (Å²) in [4.78, 5) is 16.2. The van der Waals surface area contributed by atoms with E-state index in [1.54, 1.807) is 12.1 Å². The lowest BCUT2D eigenvalue weighted by atomic mass is 10.2. The fourth-order valence-electron chi connectivity index (χ4n) is 2.16. The van der Waals surface area contributed by atoms with Gasteiger partial charge in [-0.1, -0.05) is 23.7 Å². The number of halogens is 2. The highest BCUT2D eigenvalue weighted by atomic mass is 35.5. The zero-order chi connectivity index (χ0) is 16.2. The number of nitrogens with one attached hydrogen (secondary N) is 1. The highest BCUT2D eigenvalue weighted by Crippen LogP contribution is 2.25. The summed E-state index contributed by atoms with van der Waals surface area (Å²) in [7, 11) is 0. The maximum atomic E-state index is 13.5. The van der Waals surface area contributed by atoms with Gasteiger partial charge in [-0.3, -0.25) is 4.79 Å². The van der Waals surface area contributed by atoms with Crippen molar-refractivity contribution in [3.63, 3.8) is 0 Å². The molecular weight excluding hydrogens is 323 g/mol. The summed E-state index contributed by atoms with van der Waals surface area (Å²) in [6.07, 6.45) is 2.03. The number of ether oxygens (including phenoxy) is 2. The molecule has 2 aromatic rings. The van der Waals surface area contributed by atoms with Crippen molar-refractivity contribution in [1.29, 1.82) is 0 Å². The molecule has 1 aliphatic heterocycles. The second-order valence-electron chi connectivity index (χ2n) is 5.05. The fourth-order valence-corrected chi connectivity index (χ4v) is 2.37. The average Bonchev–Trinajstić information content (AvgIpc) is 3.04. The molecule has 1 atom stereocenters. The van der Waals surface area contributed by atoms with E-state index in [1.165, 1.54) is 24.4 Å². The lowest BCUT2D eigenvalue weighted by Crippen LogP contribution is -2.17. The van der Waals surface area contributed by atoms with E-state index in [0.717, 1.165) is 6.42 Å². The van der Waals surface area contributed by atoms with Gasteiger partial charge < -0.3 is 14.8 Å². The molecule has 23 heavy (non-hydrogen) atoms. The Kier molecular flexibility index (Phi) is 4.73. The second-order valence-corrected chi connectivity index (χ2v) is 5.46. The van der Waals surface area contributed by atoms with Gasteiger partial charge in [0, 0.05) is 12.6 Å². The number of hydrogen-bond donors (Lipinski definition) is 1. The number of anilines is 1. The van der Waals surface area contributed by atoms with E-state index in [4.69, 9.17) is 21.1 Å². The highest BCUT2D eigenvalue weighted by Gasteiger charge is 2.20. The van der Waals surface area contributed by atoms with Gasteiger partial charge in [-0.05, 0) is 18.2 Å². The molecule has 1 aliphatic rings. The number of benzene rings is 1. The molecular formula is C16H14ClFN2O3. The number of aromatic nitrogens is 1. The van der Waals surface area contributed by atoms with E-state index in [0.29, 0.717) is 13.2 Å². The van der Waals surface area contributed by atoms with Crippen LogP contribution in [0.2, 0.25) is 5.02 Å². The van der Waals surface area contributed by atoms with Crippen LogP contribution in [0.3, 0.4) is 0 Å². The second kappa shape index (κ2) is 6.93. The monoisotopic (exact) mass is 336 g/mol. The van der Waals surface area contributed by atoms with Crippen molar-refractivity contribution < 1.29 is 18.7 Å². The Balaban J connectivity index is 1.71. The molecule has 1 fully saturated rings. The number of nitrogens with zero attached hydrogens (tertiary/aromatic N) is 1. The van der Waals surface area contributed by atoms with Crippen LogP contribution in [0.4, 0.5) is 10.1 Å². The van der Waals surface area contributed by atoms with E-state index in [1.807, 2.05) is 0 Å². The SMILES string of the molecule is O=C(Nc1ccccc1F)c1cnc(OC2CCOC2)c(Cl)c1. The summed E-state index contributed by atoms with van der Waals surface area (Å²) >= 11 is 6.10. The molecule has 0 radical (unpaired) electrons. The van der Waals surface area contributed by atoms with Gasteiger partial charge in [0.25, 0.3) is 5.91 Å². The molecule has 1 aromatic heterocycles. The van der Waals surface area contributed by atoms with Crippen molar-refractivity contribution in [3.8, 4) is 5.88 Å². The minimum absolute atomic E-state index is 0.0851. The number of carbonyl (C=O) groups excluding carboxylic acids is 1. The molecule has 1 saturated heterocycles. The van der Waals surface area contributed by atoms with Gasteiger partial charge in [-0.25, -0.2) is 9.37 Å². The first-order chi connectivity index (χ1) is 11.1. The van der Waals surface area contributed by atoms with E-state index < -0.39 is 11.7 Å². The molecule has 120 valence electrons. The predicted molar refractivity (Wildman–Crippen MR) is 83.5 cm³/mol. The van der Waals surface area contributed by atoms with Crippen LogP contribution in [0.15, 0.2) is 36.5 Å². The maximum Gasteiger partial charge on any atom is 0.257 e. The van der Waals surface area contributed by atoms with Crippen LogP contribution in [0.5, 0.6) is 5.88 Å². The lowest BCUT2D eigenvalue weighted by Gasteiger charge is -2.12. The summed E-state index contributed by atoms with van der Waals surface area (Å²) in [5.41, 5.74) is 0.310. The number of amides is 1. The molecule has 1 aromatic carbocycles. The highest BCUT2D eigenvalue weighted by molar-refractivity contribution is 6.32. The predicted octanol–water partition coefficient (Wildman–Crippen LogP) is 3.29.